The number of nitrogens with one attached hydrogen (secondary N) is 1. The molecule has 0 spiro atoms. The summed E-state index contributed by atoms with van der Waals surface area (Å²) >= 11 is 5.78. The van der Waals surface area contributed by atoms with E-state index in [1.807, 2.05) is 7.05 Å². The molecule has 0 aliphatic carbocycles. The molecule has 7 heteroatoms. The Morgan fingerprint density at radius 3 is 2.91 bits per heavy atom. The molecule has 0 amide bonds. The molecule has 1 heterocycles. The van der Waals surface area contributed by atoms with Crippen LogP contribution in [0.3, 0.4) is 0 Å². The predicted octanol–water partition coefficient (Wildman–Crippen LogP) is 3.14. The Hall–Kier alpha value is -0.600. The normalized spacial score (nSPS) is 18.0. The summed E-state index contributed by atoms with van der Waals surface area (Å²) in [6, 6.07) is 4.72. The summed E-state index contributed by atoms with van der Waals surface area (Å²) in [4.78, 5) is 6.36. The minimum atomic E-state index is -0.400. The molecule has 1 atom stereocenters. The van der Waals surface area contributed by atoms with Gasteiger partial charge < -0.3 is 15.0 Å². The van der Waals surface area contributed by atoms with Crippen molar-refractivity contribution in [3.63, 3.8) is 0 Å². The summed E-state index contributed by atoms with van der Waals surface area (Å²) in [7, 11) is 3.76. The molecular weight excluding hydrogens is 420 g/mol. The van der Waals surface area contributed by atoms with Gasteiger partial charge in [0.15, 0.2) is 5.96 Å². The molecule has 22 heavy (non-hydrogen) atoms. The van der Waals surface area contributed by atoms with E-state index in [1.165, 1.54) is 6.07 Å². The van der Waals surface area contributed by atoms with Gasteiger partial charge in [-0.15, -0.1) is 24.0 Å². The van der Waals surface area contributed by atoms with Crippen LogP contribution >= 0.6 is 35.6 Å². The van der Waals surface area contributed by atoms with Crippen LogP contribution in [0.2, 0.25) is 5.02 Å². The molecule has 0 radical (unpaired) electrons. The molecule has 1 aliphatic heterocycles. The van der Waals surface area contributed by atoms with Gasteiger partial charge in [-0.25, -0.2) is 4.39 Å². The second-order valence-corrected chi connectivity index (χ2v) is 5.67. The predicted molar refractivity (Wildman–Crippen MR) is 98.6 cm³/mol. The molecule has 1 saturated heterocycles. The molecule has 1 aromatic rings. The lowest BCUT2D eigenvalue weighted by molar-refractivity contribution is 0.181. The Bertz CT molecular complexity index is 510. The van der Waals surface area contributed by atoms with E-state index in [9.17, 15) is 4.39 Å². The SMILES string of the molecule is CN=C(NCc1ccc(F)c(Cl)c1)N(C)CC1CCOC1.I. The first-order valence-electron chi connectivity index (χ1n) is 7.03. The molecule has 0 saturated carbocycles. The molecule has 1 N–H and O–H groups in total. The number of nitrogens with zero attached hydrogens (tertiary/aromatic N) is 2. The molecule has 0 aromatic heterocycles. The van der Waals surface area contributed by atoms with Crippen LogP contribution in [-0.2, 0) is 11.3 Å². The highest BCUT2D eigenvalue weighted by molar-refractivity contribution is 14.0. The van der Waals surface area contributed by atoms with Crippen molar-refractivity contribution in [1.82, 2.24) is 10.2 Å². The van der Waals surface area contributed by atoms with Crippen LogP contribution in [0.1, 0.15) is 12.0 Å². The van der Waals surface area contributed by atoms with E-state index in [0.29, 0.717) is 12.5 Å². The highest BCUT2D eigenvalue weighted by Crippen LogP contribution is 2.16. The summed E-state index contributed by atoms with van der Waals surface area (Å²) in [5, 5.41) is 3.40. The zero-order chi connectivity index (χ0) is 15.2. The van der Waals surface area contributed by atoms with Crippen LogP contribution in [0.15, 0.2) is 23.2 Å². The first-order valence-corrected chi connectivity index (χ1v) is 7.41. The molecule has 1 aromatic carbocycles. The van der Waals surface area contributed by atoms with Gasteiger partial charge in [0.25, 0.3) is 0 Å². The number of aliphatic imine (C=N–C) groups is 1. The van der Waals surface area contributed by atoms with Crippen LogP contribution in [0, 0.1) is 11.7 Å². The van der Waals surface area contributed by atoms with Crippen LogP contribution in [0.25, 0.3) is 0 Å². The molecule has 1 unspecified atom stereocenters. The molecule has 1 aliphatic rings. The number of hydrogen-bond acceptors (Lipinski definition) is 2. The molecule has 1 fully saturated rings. The maximum Gasteiger partial charge on any atom is 0.193 e. The van der Waals surface area contributed by atoms with Crippen LogP contribution in [0.4, 0.5) is 4.39 Å². The van der Waals surface area contributed by atoms with Gasteiger partial charge >= 0.3 is 0 Å². The van der Waals surface area contributed by atoms with Crippen LogP contribution in [-0.4, -0.2) is 44.7 Å². The molecule has 4 nitrogen and oxygen atoms in total. The van der Waals surface area contributed by atoms with Crippen LogP contribution in [0.5, 0.6) is 0 Å². The Kier molecular flexibility index (Phi) is 8.41. The minimum Gasteiger partial charge on any atom is -0.381 e. The number of rotatable bonds is 4. The number of benzene rings is 1. The standard InChI is InChI=1S/C15H21ClFN3O.HI/c1-18-15(20(2)9-12-5-6-21-10-12)19-8-11-3-4-14(17)13(16)7-11;/h3-4,7,12H,5-6,8-10H2,1-2H3,(H,18,19);1H. The quantitative estimate of drug-likeness (QED) is 0.443. The first-order chi connectivity index (χ1) is 10.1. The summed E-state index contributed by atoms with van der Waals surface area (Å²) in [6.07, 6.45) is 1.09. The van der Waals surface area contributed by atoms with Crippen molar-refractivity contribution in [2.45, 2.75) is 13.0 Å². The largest absolute Gasteiger partial charge is 0.381 e. The number of halogens is 3. The fourth-order valence-corrected chi connectivity index (χ4v) is 2.62. The third-order valence-corrected chi connectivity index (χ3v) is 3.85. The maximum absolute atomic E-state index is 13.1. The van der Waals surface area contributed by atoms with Gasteiger partial charge in [0.2, 0.25) is 0 Å². The van der Waals surface area contributed by atoms with Gasteiger partial charge in [-0.3, -0.25) is 4.99 Å². The minimum absolute atomic E-state index is 0. The zero-order valence-corrected chi connectivity index (χ0v) is 15.9. The smallest absolute Gasteiger partial charge is 0.193 e. The summed E-state index contributed by atoms with van der Waals surface area (Å²) in [6.45, 7) is 3.12. The average Bonchev–Trinajstić information content (AvgIpc) is 2.96. The first kappa shape index (κ1) is 19.4. The molecule has 2 rings (SSSR count). The van der Waals surface area contributed by atoms with Gasteiger partial charge in [0, 0.05) is 39.7 Å². The fraction of sp³-hybridized carbons (Fsp3) is 0.533. The number of ether oxygens (including phenoxy) is 1. The molecule has 0 bridgehead atoms. The monoisotopic (exact) mass is 441 g/mol. The summed E-state index contributed by atoms with van der Waals surface area (Å²) < 4.78 is 18.5. The van der Waals surface area contributed by atoms with Crippen molar-refractivity contribution >= 4 is 41.5 Å². The lowest BCUT2D eigenvalue weighted by Gasteiger charge is -2.24. The fourth-order valence-electron chi connectivity index (χ4n) is 2.42. The second kappa shape index (κ2) is 9.52. The topological polar surface area (TPSA) is 36.9 Å². The lowest BCUT2D eigenvalue weighted by atomic mass is 10.1. The van der Waals surface area contributed by atoms with Gasteiger partial charge in [-0.2, -0.15) is 0 Å². The van der Waals surface area contributed by atoms with Crippen molar-refractivity contribution in [1.29, 1.82) is 0 Å². The van der Waals surface area contributed by atoms with Crippen molar-refractivity contribution in [2.75, 3.05) is 33.9 Å². The van der Waals surface area contributed by atoms with Crippen LogP contribution < -0.4 is 5.32 Å². The third kappa shape index (κ3) is 5.55. The Labute approximate surface area is 153 Å². The Morgan fingerprint density at radius 2 is 2.32 bits per heavy atom. The highest BCUT2D eigenvalue weighted by Gasteiger charge is 2.19. The van der Waals surface area contributed by atoms with Gasteiger partial charge in [0.1, 0.15) is 5.82 Å². The Morgan fingerprint density at radius 1 is 1.55 bits per heavy atom. The highest BCUT2D eigenvalue weighted by atomic mass is 127. The van der Waals surface area contributed by atoms with Gasteiger partial charge in [-0.05, 0) is 24.1 Å². The van der Waals surface area contributed by atoms with Crippen molar-refractivity contribution in [3.8, 4) is 0 Å². The molecular formula is C15H22ClFIN3O. The number of hydrogen-bond donors (Lipinski definition) is 1. The lowest BCUT2D eigenvalue weighted by Crippen LogP contribution is -2.41. The average molecular weight is 442 g/mol. The van der Waals surface area contributed by atoms with E-state index in [0.717, 1.165) is 37.7 Å². The summed E-state index contributed by atoms with van der Waals surface area (Å²) in [5.41, 5.74) is 0.917. The third-order valence-electron chi connectivity index (χ3n) is 3.56. The van der Waals surface area contributed by atoms with Gasteiger partial charge in [0.05, 0.1) is 11.6 Å². The van der Waals surface area contributed by atoms with Crippen molar-refractivity contribution in [3.05, 3.63) is 34.6 Å². The van der Waals surface area contributed by atoms with E-state index >= 15 is 0 Å². The van der Waals surface area contributed by atoms with Crippen molar-refractivity contribution < 1.29 is 9.13 Å². The van der Waals surface area contributed by atoms with E-state index in [1.54, 1.807) is 19.2 Å². The van der Waals surface area contributed by atoms with E-state index in [2.05, 4.69) is 15.2 Å². The molecule has 124 valence electrons. The maximum atomic E-state index is 13.1. The van der Waals surface area contributed by atoms with E-state index in [-0.39, 0.29) is 29.0 Å². The summed E-state index contributed by atoms with van der Waals surface area (Å²) in [5.74, 6) is 0.958. The van der Waals surface area contributed by atoms with Crippen molar-refractivity contribution in [2.24, 2.45) is 10.9 Å². The Balaban J connectivity index is 0.00000242. The number of guanidine groups is 1. The second-order valence-electron chi connectivity index (χ2n) is 5.26. The van der Waals surface area contributed by atoms with Gasteiger partial charge in [-0.1, -0.05) is 17.7 Å². The van der Waals surface area contributed by atoms with E-state index in [4.69, 9.17) is 16.3 Å². The van der Waals surface area contributed by atoms with E-state index < -0.39 is 5.82 Å². The zero-order valence-electron chi connectivity index (χ0n) is 12.8.